The highest BCUT2D eigenvalue weighted by Crippen LogP contribution is 2.09. The Morgan fingerprint density at radius 3 is 2.71 bits per heavy atom. The first-order chi connectivity index (χ1) is 11.6. The Morgan fingerprint density at radius 2 is 2.08 bits per heavy atom. The summed E-state index contributed by atoms with van der Waals surface area (Å²) in [6.45, 7) is 1.86. The van der Waals surface area contributed by atoms with Crippen LogP contribution in [-0.4, -0.2) is 28.5 Å². The van der Waals surface area contributed by atoms with Crippen LogP contribution < -0.4 is 5.32 Å². The normalized spacial score (nSPS) is 10.0. The maximum absolute atomic E-state index is 11.7. The van der Waals surface area contributed by atoms with Crippen LogP contribution in [0, 0.1) is 18.3 Å². The summed E-state index contributed by atoms with van der Waals surface area (Å²) in [7, 11) is 0. The number of esters is 1. The van der Waals surface area contributed by atoms with Crippen molar-refractivity contribution in [1.29, 1.82) is 5.26 Å². The van der Waals surface area contributed by atoms with Crippen LogP contribution in [-0.2, 0) is 20.9 Å². The number of nitriles is 1. The average molecular weight is 345 g/mol. The lowest BCUT2D eigenvalue weighted by Gasteiger charge is -2.05. The molecule has 1 aromatic carbocycles. The van der Waals surface area contributed by atoms with Crippen LogP contribution in [0.15, 0.2) is 34.9 Å². The highest BCUT2D eigenvalue weighted by atomic mass is 32.2. The Balaban J connectivity index is 1.63. The Bertz CT molecular complexity index is 749. The second-order valence-electron chi connectivity index (χ2n) is 4.83. The van der Waals surface area contributed by atoms with E-state index in [9.17, 15) is 9.59 Å². The third-order valence-electron chi connectivity index (χ3n) is 2.83. The van der Waals surface area contributed by atoms with Crippen molar-refractivity contribution in [2.45, 2.75) is 13.5 Å². The number of rotatable bonds is 7. The summed E-state index contributed by atoms with van der Waals surface area (Å²) >= 11 is 1.15. The van der Waals surface area contributed by atoms with E-state index in [0.717, 1.165) is 17.3 Å². The van der Waals surface area contributed by atoms with Crippen LogP contribution >= 0.6 is 11.8 Å². The van der Waals surface area contributed by atoms with Crippen LogP contribution in [0.5, 0.6) is 0 Å². The van der Waals surface area contributed by atoms with Gasteiger partial charge in [0.05, 0.1) is 23.1 Å². The molecule has 0 aliphatic rings. The minimum absolute atomic E-state index is 0.0710. The van der Waals surface area contributed by atoms with E-state index in [1.807, 2.05) is 6.07 Å². The maximum atomic E-state index is 11.7. The van der Waals surface area contributed by atoms with Gasteiger partial charge in [0.15, 0.2) is 5.82 Å². The predicted molar refractivity (Wildman–Crippen MR) is 88.1 cm³/mol. The first-order valence-corrected chi connectivity index (χ1v) is 8.18. The Labute approximate surface area is 143 Å². The first kappa shape index (κ1) is 17.6. The lowest BCUT2D eigenvalue weighted by Crippen LogP contribution is -2.16. The van der Waals surface area contributed by atoms with Gasteiger partial charge in [0.2, 0.25) is 5.91 Å². The predicted octanol–water partition coefficient (Wildman–Crippen LogP) is 2.27. The minimum Gasteiger partial charge on any atom is -0.460 e. The number of carbonyl (C=O) groups is 2. The monoisotopic (exact) mass is 345 g/mol. The molecule has 0 bridgehead atoms. The Morgan fingerprint density at radius 1 is 1.33 bits per heavy atom. The molecule has 2 aromatic rings. The van der Waals surface area contributed by atoms with Crippen LogP contribution in [0.2, 0.25) is 0 Å². The fourth-order valence-electron chi connectivity index (χ4n) is 1.71. The molecule has 0 fully saturated rings. The molecule has 1 N–H and O–H groups in total. The van der Waals surface area contributed by atoms with Gasteiger partial charge in [-0.1, -0.05) is 17.3 Å². The van der Waals surface area contributed by atoms with E-state index in [0.29, 0.717) is 17.1 Å². The number of aromatic nitrogens is 1. The van der Waals surface area contributed by atoms with Crippen molar-refractivity contribution in [2.75, 3.05) is 16.8 Å². The van der Waals surface area contributed by atoms with E-state index in [2.05, 4.69) is 10.5 Å². The molecule has 0 atom stereocenters. The molecule has 0 unspecified atom stereocenters. The van der Waals surface area contributed by atoms with Gasteiger partial charge in [-0.2, -0.15) is 5.26 Å². The minimum atomic E-state index is -0.408. The number of ether oxygens (including phenoxy) is 1. The lowest BCUT2D eigenvalue weighted by molar-refractivity contribution is -0.141. The number of hydrogen-bond donors (Lipinski definition) is 1. The zero-order valence-electron chi connectivity index (χ0n) is 12.9. The second-order valence-corrected chi connectivity index (χ2v) is 5.82. The molecule has 7 nitrogen and oxygen atoms in total. The van der Waals surface area contributed by atoms with E-state index in [4.69, 9.17) is 14.5 Å². The third-order valence-corrected chi connectivity index (χ3v) is 3.74. The summed E-state index contributed by atoms with van der Waals surface area (Å²) in [6, 6.07) is 10.4. The van der Waals surface area contributed by atoms with Crippen molar-refractivity contribution in [2.24, 2.45) is 0 Å². The molecular formula is C16H15N3O4S. The second kappa shape index (κ2) is 8.74. The number of thioether (sulfide) groups is 1. The molecule has 0 spiro atoms. The molecule has 2 rings (SSSR count). The van der Waals surface area contributed by atoms with E-state index >= 15 is 0 Å². The van der Waals surface area contributed by atoms with Gasteiger partial charge in [-0.15, -0.1) is 11.8 Å². The van der Waals surface area contributed by atoms with E-state index in [-0.39, 0.29) is 24.0 Å². The van der Waals surface area contributed by atoms with Crippen molar-refractivity contribution < 1.29 is 18.8 Å². The third kappa shape index (κ3) is 5.78. The highest BCUT2D eigenvalue weighted by Gasteiger charge is 2.09. The summed E-state index contributed by atoms with van der Waals surface area (Å²) in [5, 5.41) is 14.9. The van der Waals surface area contributed by atoms with E-state index < -0.39 is 5.97 Å². The van der Waals surface area contributed by atoms with E-state index in [1.165, 1.54) is 0 Å². The number of amides is 1. The summed E-state index contributed by atoms with van der Waals surface area (Å²) < 4.78 is 9.94. The van der Waals surface area contributed by atoms with Crippen molar-refractivity contribution in [3.8, 4) is 6.07 Å². The molecule has 0 aliphatic carbocycles. The molecule has 0 radical (unpaired) electrons. The zero-order chi connectivity index (χ0) is 17.4. The van der Waals surface area contributed by atoms with Gasteiger partial charge in [-0.05, 0) is 24.6 Å². The quantitative estimate of drug-likeness (QED) is 0.767. The highest BCUT2D eigenvalue weighted by molar-refractivity contribution is 8.00. The molecule has 0 saturated carbocycles. The summed E-state index contributed by atoms with van der Waals surface area (Å²) in [4.78, 5) is 23.3. The van der Waals surface area contributed by atoms with Gasteiger partial charge >= 0.3 is 5.97 Å². The number of benzene rings is 1. The first-order valence-electron chi connectivity index (χ1n) is 7.02. The standard InChI is InChI=1S/C16H15N3O4S/c1-11-6-14(19-23-11)18-15(20)9-24-10-16(21)22-8-13-4-2-12(7-17)3-5-13/h2-6H,8-10H2,1H3,(H,18,19,20). The van der Waals surface area contributed by atoms with Crippen LogP contribution in [0.1, 0.15) is 16.9 Å². The van der Waals surface area contributed by atoms with Gasteiger partial charge in [-0.3, -0.25) is 9.59 Å². The molecule has 0 aliphatic heterocycles. The maximum Gasteiger partial charge on any atom is 0.316 e. The average Bonchev–Trinajstić information content (AvgIpc) is 2.98. The number of anilines is 1. The smallest absolute Gasteiger partial charge is 0.316 e. The molecule has 1 heterocycles. The van der Waals surface area contributed by atoms with Gasteiger partial charge in [0.1, 0.15) is 12.4 Å². The summed E-state index contributed by atoms with van der Waals surface area (Å²) in [5.74, 6) is 0.452. The fraction of sp³-hybridized carbons (Fsp3) is 0.250. The number of hydrogen-bond acceptors (Lipinski definition) is 7. The van der Waals surface area contributed by atoms with Crippen molar-refractivity contribution in [3.63, 3.8) is 0 Å². The molecule has 8 heteroatoms. The van der Waals surface area contributed by atoms with Gasteiger partial charge < -0.3 is 14.6 Å². The van der Waals surface area contributed by atoms with Gasteiger partial charge in [-0.25, -0.2) is 0 Å². The molecular weight excluding hydrogens is 330 g/mol. The SMILES string of the molecule is Cc1cc(NC(=O)CSCC(=O)OCc2ccc(C#N)cc2)no1. The molecule has 1 amide bonds. The zero-order valence-corrected chi connectivity index (χ0v) is 13.8. The number of nitrogens with one attached hydrogen (secondary N) is 1. The molecule has 124 valence electrons. The number of nitrogens with zero attached hydrogens (tertiary/aromatic N) is 2. The molecule has 1 aromatic heterocycles. The van der Waals surface area contributed by atoms with Gasteiger partial charge in [0.25, 0.3) is 0 Å². The number of aryl methyl sites for hydroxylation is 1. The molecule has 24 heavy (non-hydrogen) atoms. The van der Waals surface area contributed by atoms with Crippen molar-refractivity contribution in [3.05, 3.63) is 47.2 Å². The largest absolute Gasteiger partial charge is 0.460 e. The van der Waals surface area contributed by atoms with Crippen molar-refractivity contribution in [1.82, 2.24) is 5.16 Å². The van der Waals surface area contributed by atoms with Gasteiger partial charge in [0, 0.05) is 6.07 Å². The van der Waals surface area contributed by atoms with E-state index in [1.54, 1.807) is 37.3 Å². The van der Waals surface area contributed by atoms with Crippen LogP contribution in [0.4, 0.5) is 5.82 Å². The van der Waals surface area contributed by atoms with Crippen molar-refractivity contribution >= 4 is 29.5 Å². The topological polar surface area (TPSA) is 105 Å². The summed E-state index contributed by atoms with van der Waals surface area (Å²) in [6.07, 6.45) is 0. The molecule has 0 saturated heterocycles. The Hall–Kier alpha value is -2.79. The number of carbonyl (C=O) groups excluding carboxylic acids is 2. The van der Waals surface area contributed by atoms with Crippen LogP contribution in [0.3, 0.4) is 0 Å². The lowest BCUT2D eigenvalue weighted by atomic mass is 10.2. The summed E-state index contributed by atoms with van der Waals surface area (Å²) in [5.41, 5.74) is 1.35. The fourth-order valence-corrected chi connectivity index (χ4v) is 2.32. The van der Waals surface area contributed by atoms with Crippen LogP contribution in [0.25, 0.3) is 0 Å². The Kier molecular flexibility index (Phi) is 6.40.